The number of methoxy groups -OCH3 is 1. The minimum atomic E-state index is -0.608. The molecule has 1 N–H and O–H groups in total. The second-order valence-corrected chi connectivity index (χ2v) is 4.55. The Morgan fingerprint density at radius 2 is 2.14 bits per heavy atom. The van der Waals surface area contributed by atoms with E-state index in [0.29, 0.717) is 22.9 Å². The molecule has 0 aliphatic carbocycles. The van der Waals surface area contributed by atoms with Gasteiger partial charge in [-0.25, -0.2) is 9.79 Å². The van der Waals surface area contributed by atoms with Crippen molar-refractivity contribution in [3.8, 4) is 11.5 Å². The predicted octanol–water partition coefficient (Wildman–Crippen LogP) is 2.22. The molecule has 0 radical (unpaired) electrons. The SMILES string of the molecule is COC(=O)C1=C(O)/C(=C/c2ccc3c(c2)OCO3)N=C1C. The highest BCUT2D eigenvalue weighted by atomic mass is 16.7. The fraction of sp³-hybridized carbons (Fsp3) is 0.200. The summed E-state index contributed by atoms with van der Waals surface area (Å²) in [7, 11) is 1.26. The van der Waals surface area contributed by atoms with E-state index in [2.05, 4.69) is 9.73 Å². The zero-order valence-electron chi connectivity index (χ0n) is 11.5. The number of hydrogen-bond donors (Lipinski definition) is 1. The number of carbonyl (C=O) groups excluding carboxylic acids is 1. The first-order chi connectivity index (χ1) is 10.1. The highest BCUT2D eigenvalue weighted by Crippen LogP contribution is 2.34. The van der Waals surface area contributed by atoms with Crippen molar-refractivity contribution >= 4 is 17.8 Å². The number of nitrogens with zero attached hydrogens (tertiary/aromatic N) is 1. The van der Waals surface area contributed by atoms with Gasteiger partial charge in [0.15, 0.2) is 17.3 Å². The van der Waals surface area contributed by atoms with Crippen molar-refractivity contribution in [2.24, 2.45) is 4.99 Å². The largest absolute Gasteiger partial charge is 0.505 e. The number of carbonyl (C=O) groups is 1. The van der Waals surface area contributed by atoms with Crippen LogP contribution in [0, 0.1) is 0 Å². The van der Waals surface area contributed by atoms with E-state index in [9.17, 15) is 9.90 Å². The van der Waals surface area contributed by atoms with Gasteiger partial charge in [-0.2, -0.15) is 0 Å². The number of fused-ring (bicyclic) bond motifs is 1. The van der Waals surface area contributed by atoms with Crippen LogP contribution in [-0.2, 0) is 9.53 Å². The molecule has 1 aromatic carbocycles. The van der Waals surface area contributed by atoms with E-state index in [1.54, 1.807) is 25.1 Å². The van der Waals surface area contributed by atoms with Gasteiger partial charge in [0.05, 0.1) is 12.8 Å². The highest BCUT2D eigenvalue weighted by Gasteiger charge is 2.27. The maximum Gasteiger partial charge on any atom is 0.343 e. The van der Waals surface area contributed by atoms with Gasteiger partial charge in [0, 0.05) is 0 Å². The number of ether oxygens (including phenoxy) is 3. The number of rotatable bonds is 2. The first-order valence-corrected chi connectivity index (χ1v) is 6.29. The lowest BCUT2D eigenvalue weighted by molar-refractivity contribution is -0.135. The fourth-order valence-corrected chi connectivity index (χ4v) is 2.20. The van der Waals surface area contributed by atoms with Crippen LogP contribution in [0.15, 0.2) is 40.2 Å². The van der Waals surface area contributed by atoms with Gasteiger partial charge in [-0.3, -0.25) is 0 Å². The molecule has 0 bridgehead atoms. The van der Waals surface area contributed by atoms with Crippen LogP contribution in [0.4, 0.5) is 0 Å². The monoisotopic (exact) mass is 287 g/mol. The molecule has 0 aromatic heterocycles. The summed E-state index contributed by atoms with van der Waals surface area (Å²) < 4.78 is 15.2. The molecule has 6 nitrogen and oxygen atoms in total. The third kappa shape index (κ3) is 2.24. The normalized spacial score (nSPS) is 18.2. The van der Waals surface area contributed by atoms with Gasteiger partial charge < -0.3 is 19.3 Å². The lowest BCUT2D eigenvalue weighted by atomic mass is 10.1. The molecule has 0 saturated heterocycles. The lowest BCUT2D eigenvalue weighted by Crippen LogP contribution is -2.11. The van der Waals surface area contributed by atoms with Crippen LogP contribution >= 0.6 is 0 Å². The lowest BCUT2D eigenvalue weighted by Gasteiger charge is -2.01. The molecule has 0 fully saturated rings. The first kappa shape index (κ1) is 13.2. The van der Waals surface area contributed by atoms with Gasteiger partial charge in [0.2, 0.25) is 6.79 Å². The highest BCUT2D eigenvalue weighted by molar-refractivity contribution is 6.21. The second kappa shape index (κ2) is 4.97. The van der Waals surface area contributed by atoms with Crippen LogP contribution in [0.2, 0.25) is 0 Å². The van der Waals surface area contributed by atoms with Crippen LogP contribution in [0.5, 0.6) is 11.5 Å². The van der Waals surface area contributed by atoms with E-state index < -0.39 is 5.97 Å². The van der Waals surface area contributed by atoms with E-state index >= 15 is 0 Å². The van der Waals surface area contributed by atoms with E-state index in [1.165, 1.54) is 7.11 Å². The zero-order chi connectivity index (χ0) is 15.0. The fourth-order valence-electron chi connectivity index (χ4n) is 2.20. The Balaban J connectivity index is 1.98. The van der Waals surface area contributed by atoms with Gasteiger partial charge in [-0.1, -0.05) is 6.07 Å². The zero-order valence-corrected chi connectivity index (χ0v) is 11.5. The molecule has 21 heavy (non-hydrogen) atoms. The number of esters is 1. The van der Waals surface area contributed by atoms with Crippen molar-refractivity contribution in [1.82, 2.24) is 0 Å². The van der Waals surface area contributed by atoms with Gasteiger partial charge in [0.25, 0.3) is 0 Å². The maximum atomic E-state index is 11.6. The smallest absolute Gasteiger partial charge is 0.343 e. The summed E-state index contributed by atoms with van der Waals surface area (Å²) in [6.07, 6.45) is 1.66. The van der Waals surface area contributed by atoms with Gasteiger partial charge >= 0.3 is 5.97 Å². The molecule has 108 valence electrons. The Kier molecular flexibility index (Phi) is 3.13. The first-order valence-electron chi connectivity index (χ1n) is 6.29. The molecule has 0 atom stereocenters. The average Bonchev–Trinajstić information content (AvgIpc) is 3.03. The van der Waals surface area contributed by atoms with Gasteiger partial charge in [-0.05, 0) is 30.7 Å². The molecule has 2 aliphatic heterocycles. The van der Waals surface area contributed by atoms with Gasteiger partial charge in [-0.15, -0.1) is 0 Å². The number of aliphatic hydroxyl groups excluding tert-OH is 1. The van der Waals surface area contributed by atoms with E-state index in [1.807, 2.05) is 6.07 Å². The standard InChI is InChI=1S/C15H13NO5/c1-8-13(15(18)19-2)14(17)10(16-8)5-9-3-4-11-12(6-9)21-7-20-11/h3-6,17H,7H2,1-2H3/b10-5-. The number of aliphatic imine (C=N–C) groups is 1. The third-order valence-corrected chi connectivity index (χ3v) is 3.22. The quantitative estimate of drug-likeness (QED) is 0.844. The number of benzene rings is 1. The molecule has 2 heterocycles. The molecule has 0 spiro atoms. The molecule has 0 saturated carbocycles. The maximum absolute atomic E-state index is 11.6. The van der Waals surface area contributed by atoms with Crippen LogP contribution < -0.4 is 9.47 Å². The van der Waals surface area contributed by atoms with Crippen molar-refractivity contribution in [3.05, 3.63) is 40.8 Å². The summed E-state index contributed by atoms with van der Waals surface area (Å²) in [4.78, 5) is 15.8. The Bertz CT molecular complexity index is 715. The van der Waals surface area contributed by atoms with Crippen molar-refractivity contribution in [1.29, 1.82) is 0 Å². The molecular formula is C15H13NO5. The molecule has 6 heteroatoms. The molecule has 3 rings (SSSR count). The van der Waals surface area contributed by atoms with E-state index in [0.717, 1.165) is 5.56 Å². The predicted molar refractivity (Wildman–Crippen MR) is 75.3 cm³/mol. The van der Waals surface area contributed by atoms with E-state index in [-0.39, 0.29) is 18.1 Å². The van der Waals surface area contributed by atoms with E-state index in [4.69, 9.17) is 9.47 Å². The average molecular weight is 287 g/mol. The minimum Gasteiger partial charge on any atom is -0.505 e. The summed E-state index contributed by atoms with van der Waals surface area (Å²) in [6, 6.07) is 5.38. The molecular weight excluding hydrogens is 274 g/mol. The molecule has 0 amide bonds. The van der Waals surface area contributed by atoms with Crippen molar-refractivity contribution < 1.29 is 24.1 Å². The summed E-state index contributed by atoms with van der Waals surface area (Å²) in [6.45, 7) is 1.84. The van der Waals surface area contributed by atoms with Crippen molar-refractivity contribution in [3.63, 3.8) is 0 Å². The van der Waals surface area contributed by atoms with Crippen LogP contribution in [0.1, 0.15) is 12.5 Å². The minimum absolute atomic E-state index is 0.0875. The Hall–Kier alpha value is -2.76. The van der Waals surface area contributed by atoms with Crippen molar-refractivity contribution in [2.45, 2.75) is 6.92 Å². The summed E-state index contributed by atoms with van der Waals surface area (Å²) in [5, 5.41) is 10.1. The number of aliphatic hydroxyl groups is 1. The third-order valence-electron chi connectivity index (χ3n) is 3.22. The topological polar surface area (TPSA) is 77.4 Å². The summed E-state index contributed by atoms with van der Waals surface area (Å²) in [5.74, 6) is 0.526. The molecule has 0 unspecified atom stereocenters. The summed E-state index contributed by atoms with van der Waals surface area (Å²) >= 11 is 0. The van der Waals surface area contributed by atoms with Crippen LogP contribution in [0.25, 0.3) is 6.08 Å². The Morgan fingerprint density at radius 3 is 2.90 bits per heavy atom. The number of hydrogen-bond acceptors (Lipinski definition) is 6. The Labute approximate surface area is 121 Å². The Morgan fingerprint density at radius 1 is 1.38 bits per heavy atom. The molecule has 1 aromatic rings. The second-order valence-electron chi connectivity index (χ2n) is 4.55. The molecule has 2 aliphatic rings. The van der Waals surface area contributed by atoms with Crippen LogP contribution in [-0.4, -0.2) is 30.7 Å². The van der Waals surface area contributed by atoms with Crippen molar-refractivity contribution in [2.75, 3.05) is 13.9 Å². The van der Waals surface area contributed by atoms with Crippen LogP contribution in [0.3, 0.4) is 0 Å². The summed E-state index contributed by atoms with van der Waals surface area (Å²) in [5.41, 5.74) is 1.60. The van der Waals surface area contributed by atoms with Gasteiger partial charge in [0.1, 0.15) is 11.3 Å².